The summed E-state index contributed by atoms with van der Waals surface area (Å²) >= 11 is 3.92. The molecule has 1 fully saturated rings. The normalized spacial score (nSPS) is 14.6. The summed E-state index contributed by atoms with van der Waals surface area (Å²) in [5.41, 5.74) is 3.10. The van der Waals surface area contributed by atoms with Crippen LogP contribution >= 0.6 is 23.5 Å². The molecule has 1 heterocycles. The van der Waals surface area contributed by atoms with Crippen molar-refractivity contribution >= 4 is 35.1 Å². The molecule has 0 saturated carbocycles. The molecule has 4 aromatic carbocycles. The number of Topliss-reactive ketones (excluding diaryl/α,β-unsaturated/α-hetero) is 2. The van der Waals surface area contributed by atoms with E-state index in [1.54, 1.807) is 78.7 Å². The fourth-order valence-electron chi connectivity index (χ4n) is 6.28. The fraction of sp³-hybridized carbons (Fsp3) is 0.381. The second-order valence-electron chi connectivity index (χ2n) is 12.7. The molecule has 54 heavy (non-hydrogen) atoms. The number of ketones is 2. The first-order valence-corrected chi connectivity index (χ1v) is 19.5. The number of hydrogen-bond acceptors (Lipinski definition) is 12. The summed E-state index contributed by atoms with van der Waals surface area (Å²) in [5.74, 6) is 5.84. The van der Waals surface area contributed by atoms with Gasteiger partial charge in [0.15, 0.2) is 58.2 Å². The number of rotatable bonds is 18. The van der Waals surface area contributed by atoms with E-state index < -0.39 is 12.2 Å². The first-order valence-electron chi connectivity index (χ1n) is 17.5. The van der Waals surface area contributed by atoms with Crippen molar-refractivity contribution in [2.24, 2.45) is 0 Å². The minimum atomic E-state index is -0.771. The highest BCUT2D eigenvalue weighted by Gasteiger charge is 2.35. The van der Waals surface area contributed by atoms with Crippen LogP contribution < -0.4 is 37.9 Å². The van der Waals surface area contributed by atoms with E-state index in [2.05, 4.69) is 0 Å². The number of carbonyl (C=O) groups excluding carboxylic acids is 2. The van der Waals surface area contributed by atoms with Crippen LogP contribution in [0.3, 0.4) is 0 Å². The molecule has 4 aromatic rings. The molecule has 10 nitrogen and oxygen atoms in total. The summed E-state index contributed by atoms with van der Waals surface area (Å²) < 4.78 is 45.1. The largest absolute Gasteiger partial charge is 0.493 e. The van der Waals surface area contributed by atoms with E-state index in [0.29, 0.717) is 57.1 Å². The van der Waals surface area contributed by atoms with Crippen molar-refractivity contribution in [2.45, 2.75) is 49.4 Å². The first-order chi connectivity index (χ1) is 26.1. The van der Waals surface area contributed by atoms with Crippen molar-refractivity contribution in [1.29, 1.82) is 0 Å². The molecule has 288 valence electrons. The van der Waals surface area contributed by atoms with Gasteiger partial charge in [0.1, 0.15) is 0 Å². The third-order valence-electron chi connectivity index (χ3n) is 9.10. The molecule has 0 amide bonds. The summed E-state index contributed by atoms with van der Waals surface area (Å²) in [7, 11) is 9.37. The Morgan fingerprint density at radius 3 is 1.24 bits per heavy atom. The summed E-state index contributed by atoms with van der Waals surface area (Å²) in [6, 6.07) is 21.9. The third kappa shape index (κ3) is 9.51. The van der Waals surface area contributed by atoms with E-state index in [-0.39, 0.29) is 15.6 Å². The number of methoxy groups -OCH3 is 6. The maximum absolute atomic E-state index is 13.3. The number of benzene rings is 4. The van der Waals surface area contributed by atoms with Crippen LogP contribution in [0.2, 0.25) is 0 Å². The Balaban J connectivity index is 1.30. The van der Waals surface area contributed by atoms with Gasteiger partial charge in [-0.25, -0.2) is 0 Å². The van der Waals surface area contributed by atoms with Gasteiger partial charge in [0.05, 0.1) is 46.7 Å². The smallest absolute Gasteiger partial charge is 0.203 e. The Hall–Kier alpha value is -4.68. The van der Waals surface area contributed by atoms with Gasteiger partial charge < -0.3 is 37.9 Å². The van der Waals surface area contributed by atoms with Gasteiger partial charge in [0.25, 0.3) is 0 Å². The van der Waals surface area contributed by atoms with E-state index >= 15 is 0 Å². The van der Waals surface area contributed by atoms with E-state index in [9.17, 15) is 9.59 Å². The van der Waals surface area contributed by atoms with Gasteiger partial charge in [0.2, 0.25) is 11.6 Å². The van der Waals surface area contributed by atoms with Crippen molar-refractivity contribution in [3.8, 4) is 46.0 Å². The van der Waals surface area contributed by atoms with Gasteiger partial charge in [-0.1, -0.05) is 12.1 Å². The molecule has 0 bridgehead atoms. The van der Waals surface area contributed by atoms with E-state index in [4.69, 9.17) is 37.9 Å². The predicted molar refractivity (Wildman–Crippen MR) is 214 cm³/mol. The van der Waals surface area contributed by atoms with Crippen LogP contribution in [0.15, 0.2) is 72.8 Å². The SMILES string of the molecule is COc1ccc(C(=O)[C@@H](C)Oc2ccc(CC3(Cc4ccc(O[C@H](C)C(=O)c5ccc(OC)c(OC)c5)c(OC)c4)SCCCS3)cc2OC)cc1OC. The van der Waals surface area contributed by atoms with Crippen molar-refractivity contribution in [3.63, 3.8) is 0 Å². The lowest BCUT2D eigenvalue weighted by Crippen LogP contribution is -2.30. The summed E-state index contributed by atoms with van der Waals surface area (Å²) in [6.45, 7) is 3.44. The molecule has 0 unspecified atom stereocenters. The van der Waals surface area contributed by atoms with Crippen LogP contribution in [0, 0.1) is 0 Å². The Labute approximate surface area is 326 Å². The average molecular weight is 777 g/mol. The molecule has 1 saturated heterocycles. The zero-order valence-electron chi connectivity index (χ0n) is 32.0. The molecule has 0 N–H and O–H groups in total. The number of thioether (sulfide) groups is 2. The van der Waals surface area contributed by atoms with Gasteiger partial charge in [-0.2, -0.15) is 0 Å². The van der Waals surface area contributed by atoms with E-state index in [1.165, 1.54) is 14.2 Å². The first kappa shape index (κ1) is 40.5. The third-order valence-corrected chi connectivity index (χ3v) is 12.4. The van der Waals surface area contributed by atoms with Crippen LogP contribution in [0.1, 0.15) is 52.1 Å². The van der Waals surface area contributed by atoms with Gasteiger partial charge in [-0.3, -0.25) is 9.59 Å². The maximum atomic E-state index is 13.3. The molecule has 2 atom stereocenters. The van der Waals surface area contributed by atoms with Gasteiger partial charge in [0, 0.05) is 11.1 Å². The van der Waals surface area contributed by atoms with Crippen LogP contribution in [0.25, 0.3) is 0 Å². The Morgan fingerprint density at radius 1 is 0.519 bits per heavy atom. The highest BCUT2D eigenvalue weighted by molar-refractivity contribution is 8.18. The fourth-order valence-corrected chi connectivity index (χ4v) is 9.69. The molecule has 1 aliphatic heterocycles. The topological polar surface area (TPSA) is 108 Å². The summed E-state index contributed by atoms with van der Waals surface area (Å²) in [5, 5.41) is 0. The highest BCUT2D eigenvalue weighted by atomic mass is 32.2. The standard InChI is InChI=1S/C42H48O10S2/c1-26(40(43)30-12-16-32(45-3)38(22-30)49-7)51-34-14-10-28(20-36(34)47-5)24-42(53-18-9-19-54-42)25-29-11-15-35(37(21-29)48-6)52-27(2)41(44)31-13-17-33(46-4)39(23-31)50-8/h10-17,20-23,26-27H,9,18-19,24-25H2,1-8H3/t26-,27-/m1/s1. The van der Waals surface area contributed by atoms with Crippen LogP contribution in [-0.2, 0) is 12.8 Å². The summed E-state index contributed by atoms with van der Waals surface area (Å²) in [6.07, 6.45) is 1.15. The molecular weight excluding hydrogens is 729 g/mol. The lowest BCUT2D eigenvalue weighted by molar-refractivity contribution is 0.0808. The minimum Gasteiger partial charge on any atom is -0.493 e. The van der Waals surface area contributed by atoms with E-state index in [0.717, 1.165) is 41.9 Å². The maximum Gasteiger partial charge on any atom is 0.203 e. The van der Waals surface area contributed by atoms with Crippen LogP contribution in [-0.4, -0.2) is 82.0 Å². The number of hydrogen-bond donors (Lipinski definition) is 0. The van der Waals surface area contributed by atoms with Crippen molar-refractivity contribution in [1.82, 2.24) is 0 Å². The number of ether oxygens (including phenoxy) is 8. The molecule has 0 aromatic heterocycles. The molecule has 0 radical (unpaired) electrons. The van der Waals surface area contributed by atoms with E-state index in [1.807, 2.05) is 59.9 Å². The summed E-state index contributed by atoms with van der Waals surface area (Å²) in [4.78, 5) is 26.6. The minimum absolute atomic E-state index is 0.146. The molecule has 0 aliphatic carbocycles. The second kappa shape index (κ2) is 18.6. The Bertz CT molecular complexity index is 1790. The lowest BCUT2D eigenvalue weighted by atomic mass is 10.0. The van der Waals surface area contributed by atoms with Crippen molar-refractivity contribution in [3.05, 3.63) is 95.1 Å². The van der Waals surface area contributed by atoms with Crippen LogP contribution in [0.5, 0.6) is 46.0 Å². The molecule has 12 heteroatoms. The molecule has 5 rings (SSSR count). The average Bonchev–Trinajstić information content (AvgIpc) is 3.20. The second-order valence-corrected chi connectivity index (χ2v) is 15.9. The molecule has 0 spiro atoms. The molecular formula is C42H48O10S2. The molecule has 1 aliphatic rings. The quantitative estimate of drug-likeness (QED) is 0.0906. The van der Waals surface area contributed by atoms with Gasteiger partial charge in [-0.15, -0.1) is 23.5 Å². The zero-order chi connectivity index (χ0) is 38.8. The predicted octanol–water partition coefficient (Wildman–Crippen LogP) is 8.39. The lowest BCUT2D eigenvalue weighted by Gasteiger charge is -2.37. The van der Waals surface area contributed by atoms with Crippen molar-refractivity contribution in [2.75, 3.05) is 54.2 Å². The van der Waals surface area contributed by atoms with Gasteiger partial charge >= 0.3 is 0 Å². The number of carbonyl (C=O) groups is 2. The van der Waals surface area contributed by atoms with Gasteiger partial charge in [-0.05, 0) is 116 Å². The zero-order valence-corrected chi connectivity index (χ0v) is 33.7. The Morgan fingerprint density at radius 2 is 0.870 bits per heavy atom. The van der Waals surface area contributed by atoms with Crippen LogP contribution in [0.4, 0.5) is 0 Å². The monoisotopic (exact) mass is 776 g/mol. The van der Waals surface area contributed by atoms with Crippen molar-refractivity contribution < 1.29 is 47.5 Å². The highest BCUT2D eigenvalue weighted by Crippen LogP contribution is 2.48. The Kier molecular flexibility index (Phi) is 13.9.